The van der Waals surface area contributed by atoms with Crippen LogP contribution in [0.1, 0.15) is 24.0 Å². The highest BCUT2D eigenvalue weighted by atomic mass is 16.6. The fourth-order valence-corrected chi connectivity index (χ4v) is 2.18. The number of benzene rings is 2. The lowest BCUT2D eigenvalue weighted by atomic mass is 10.1. The number of aryl methyl sites for hydroxylation is 1. The highest BCUT2D eigenvalue weighted by Gasteiger charge is 2.11. The molecule has 0 spiro atoms. The van der Waals surface area contributed by atoms with Crippen LogP contribution in [0.5, 0.6) is 5.75 Å². The summed E-state index contributed by atoms with van der Waals surface area (Å²) in [6, 6.07) is 10.4. The van der Waals surface area contributed by atoms with Gasteiger partial charge in [0.25, 0.3) is 5.69 Å². The zero-order valence-electron chi connectivity index (χ0n) is 14.5. The van der Waals surface area contributed by atoms with Crippen molar-refractivity contribution in [3.63, 3.8) is 0 Å². The van der Waals surface area contributed by atoms with Crippen LogP contribution in [0.2, 0.25) is 0 Å². The molecular formula is C18H18N4O5. The molecule has 9 nitrogen and oxygen atoms in total. The van der Waals surface area contributed by atoms with Gasteiger partial charge >= 0.3 is 0 Å². The summed E-state index contributed by atoms with van der Waals surface area (Å²) in [5.74, 6) is -0.746. The lowest BCUT2D eigenvalue weighted by Crippen LogP contribution is -2.20. The fraction of sp³-hybridized carbons (Fsp3) is 0.167. The Morgan fingerprint density at radius 2 is 1.93 bits per heavy atom. The number of nitrogens with zero attached hydrogens (tertiary/aromatic N) is 2. The second kappa shape index (κ2) is 9.09. The molecular weight excluding hydrogens is 352 g/mol. The van der Waals surface area contributed by atoms with E-state index in [4.69, 9.17) is 0 Å². The monoisotopic (exact) mass is 370 g/mol. The van der Waals surface area contributed by atoms with Crippen molar-refractivity contribution in [2.24, 2.45) is 5.10 Å². The van der Waals surface area contributed by atoms with Crippen molar-refractivity contribution in [1.29, 1.82) is 0 Å². The van der Waals surface area contributed by atoms with Gasteiger partial charge in [-0.1, -0.05) is 12.1 Å². The number of nitro groups is 1. The van der Waals surface area contributed by atoms with Gasteiger partial charge in [0, 0.05) is 30.7 Å². The van der Waals surface area contributed by atoms with Crippen molar-refractivity contribution in [1.82, 2.24) is 5.43 Å². The van der Waals surface area contributed by atoms with Crippen LogP contribution in [0.25, 0.3) is 0 Å². The molecule has 0 aliphatic rings. The Balaban J connectivity index is 1.79. The molecule has 140 valence electrons. The Morgan fingerprint density at radius 1 is 1.19 bits per heavy atom. The molecule has 2 amide bonds. The minimum Gasteiger partial charge on any atom is -0.508 e. The number of hydrogen-bond acceptors (Lipinski definition) is 6. The maximum Gasteiger partial charge on any atom is 0.269 e. The summed E-state index contributed by atoms with van der Waals surface area (Å²) < 4.78 is 0. The van der Waals surface area contributed by atoms with Gasteiger partial charge in [0.2, 0.25) is 11.8 Å². The van der Waals surface area contributed by atoms with Gasteiger partial charge in [-0.05, 0) is 36.2 Å². The van der Waals surface area contributed by atoms with Gasteiger partial charge < -0.3 is 10.4 Å². The average Bonchev–Trinajstić information content (AvgIpc) is 2.61. The number of amides is 2. The summed E-state index contributed by atoms with van der Waals surface area (Å²) in [6.45, 7) is 1.64. The number of hydrazone groups is 1. The highest BCUT2D eigenvalue weighted by molar-refractivity contribution is 5.94. The smallest absolute Gasteiger partial charge is 0.269 e. The second-order valence-electron chi connectivity index (χ2n) is 5.69. The normalized spacial score (nSPS) is 10.6. The third-order valence-corrected chi connectivity index (χ3v) is 3.55. The first kappa shape index (κ1) is 19.6. The number of phenolic OH excluding ortho intramolecular Hbond substituents is 1. The van der Waals surface area contributed by atoms with E-state index in [9.17, 15) is 24.8 Å². The van der Waals surface area contributed by atoms with Crippen molar-refractivity contribution >= 4 is 29.4 Å². The minimum atomic E-state index is -0.514. The molecule has 0 heterocycles. The molecule has 0 unspecified atom stereocenters. The van der Waals surface area contributed by atoms with Gasteiger partial charge in [0.1, 0.15) is 5.75 Å². The van der Waals surface area contributed by atoms with Crippen LogP contribution in [-0.4, -0.2) is 28.1 Å². The Morgan fingerprint density at radius 3 is 2.59 bits per heavy atom. The number of anilines is 1. The van der Waals surface area contributed by atoms with E-state index < -0.39 is 10.8 Å². The van der Waals surface area contributed by atoms with Crippen LogP contribution >= 0.6 is 0 Å². The first-order chi connectivity index (χ1) is 12.8. The van der Waals surface area contributed by atoms with E-state index in [1.807, 2.05) is 0 Å². The lowest BCUT2D eigenvalue weighted by Gasteiger charge is -2.08. The topological polar surface area (TPSA) is 134 Å². The largest absolute Gasteiger partial charge is 0.508 e. The molecule has 0 bridgehead atoms. The summed E-state index contributed by atoms with van der Waals surface area (Å²) in [7, 11) is 0. The van der Waals surface area contributed by atoms with Crippen LogP contribution in [0.15, 0.2) is 47.6 Å². The van der Waals surface area contributed by atoms with Crippen molar-refractivity contribution < 1.29 is 19.6 Å². The Kier molecular flexibility index (Phi) is 6.59. The molecule has 0 saturated carbocycles. The van der Waals surface area contributed by atoms with Crippen LogP contribution in [0, 0.1) is 17.0 Å². The molecule has 2 aromatic rings. The van der Waals surface area contributed by atoms with E-state index in [1.54, 1.807) is 19.1 Å². The maximum atomic E-state index is 11.9. The molecule has 2 aromatic carbocycles. The highest BCUT2D eigenvalue weighted by Crippen LogP contribution is 2.21. The number of aromatic hydroxyl groups is 1. The summed E-state index contributed by atoms with van der Waals surface area (Å²) in [6.07, 6.45) is 1.23. The van der Waals surface area contributed by atoms with Gasteiger partial charge in [-0.2, -0.15) is 5.10 Å². The second-order valence-corrected chi connectivity index (χ2v) is 5.69. The fourth-order valence-electron chi connectivity index (χ4n) is 2.18. The van der Waals surface area contributed by atoms with E-state index >= 15 is 0 Å². The molecule has 0 fully saturated rings. The Labute approximate surface area is 154 Å². The maximum absolute atomic E-state index is 11.9. The molecule has 0 aliphatic heterocycles. The molecule has 0 saturated heterocycles. The predicted octanol–water partition coefficient (Wildman–Crippen LogP) is 2.48. The van der Waals surface area contributed by atoms with E-state index in [0.717, 1.165) is 0 Å². The SMILES string of the molecule is Cc1cc([N+](=O)[O-])ccc1NC(=O)CCC(=O)N/N=C/c1cccc(O)c1. The number of phenols is 1. The van der Waals surface area contributed by atoms with E-state index in [1.165, 1.54) is 36.5 Å². The zero-order chi connectivity index (χ0) is 19.8. The van der Waals surface area contributed by atoms with Crippen molar-refractivity contribution in [3.8, 4) is 5.75 Å². The average molecular weight is 370 g/mol. The third-order valence-electron chi connectivity index (χ3n) is 3.55. The number of nitro benzene ring substituents is 1. The van der Waals surface area contributed by atoms with Crippen LogP contribution < -0.4 is 10.7 Å². The van der Waals surface area contributed by atoms with Gasteiger partial charge in [0.15, 0.2) is 0 Å². The zero-order valence-corrected chi connectivity index (χ0v) is 14.5. The third kappa shape index (κ3) is 6.24. The lowest BCUT2D eigenvalue weighted by molar-refractivity contribution is -0.384. The van der Waals surface area contributed by atoms with E-state index in [2.05, 4.69) is 15.8 Å². The van der Waals surface area contributed by atoms with Crippen molar-refractivity contribution in [3.05, 3.63) is 63.7 Å². The molecule has 0 aliphatic carbocycles. The Hall–Kier alpha value is -3.75. The van der Waals surface area contributed by atoms with Crippen molar-refractivity contribution in [2.45, 2.75) is 19.8 Å². The van der Waals surface area contributed by atoms with Gasteiger partial charge in [-0.3, -0.25) is 19.7 Å². The predicted molar refractivity (Wildman–Crippen MR) is 99.5 cm³/mol. The molecule has 2 rings (SSSR count). The van der Waals surface area contributed by atoms with Gasteiger partial charge in [0.05, 0.1) is 11.1 Å². The summed E-state index contributed by atoms with van der Waals surface area (Å²) in [5.41, 5.74) is 3.85. The standard InChI is InChI=1S/C18H18N4O5/c1-12-9-14(22(26)27)5-6-16(12)20-17(24)7-8-18(25)21-19-11-13-3-2-4-15(23)10-13/h2-6,9-11,23H,7-8H2,1H3,(H,20,24)(H,21,25)/b19-11+. The van der Waals surface area contributed by atoms with Crippen LogP contribution in [0.4, 0.5) is 11.4 Å². The number of hydrogen-bond donors (Lipinski definition) is 3. The number of rotatable bonds is 7. The van der Waals surface area contributed by atoms with E-state index in [-0.39, 0.29) is 30.2 Å². The molecule has 3 N–H and O–H groups in total. The van der Waals surface area contributed by atoms with Crippen LogP contribution in [0.3, 0.4) is 0 Å². The minimum absolute atomic E-state index is 0.0607. The number of carbonyl (C=O) groups is 2. The summed E-state index contributed by atoms with van der Waals surface area (Å²) in [5, 5.41) is 26.4. The molecule has 9 heteroatoms. The Bertz CT molecular complexity index is 895. The quantitative estimate of drug-likeness (QED) is 0.391. The van der Waals surface area contributed by atoms with Crippen LogP contribution in [-0.2, 0) is 9.59 Å². The summed E-state index contributed by atoms with van der Waals surface area (Å²) in [4.78, 5) is 33.8. The molecule has 0 atom stereocenters. The van der Waals surface area contributed by atoms with E-state index in [0.29, 0.717) is 16.8 Å². The molecule has 27 heavy (non-hydrogen) atoms. The first-order valence-corrected chi connectivity index (χ1v) is 8.01. The molecule has 0 aromatic heterocycles. The summed E-state index contributed by atoms with van der Waals surface area (Å²) >= 11 is 0. The number of non-ortho nitro benzene ring substituents is 1. The molecule has 0 radical (unpaired) electrons. The first-order valence-electron chi connectivity index (χ1n) is 8.01. The number of carbonyl (C=O) groups excluding carboxylic acids is 2. The number of nitrogens with one attached hydrogen (secondary N) is 2. The van der Waals surface area contributed by atoms with Gasteiger partial charge in [-0.15, -0.1) is 0 Å². The van der Waals surface area contributed by atoms with Crippen molar-refractivity contribution in [2.75, 3.05) is 5.32 Å². The van der Waals surface area contributed by atoms with Gasteiger partial charge in [-0.25, -0.2) is 5.43 Å².